The number of amides is 1. The Morgan fingerprint density at radius 1 is 1.38 bits per heavy atom. The summed E-state index contributed by atoms with van der Waals surface area (Å²) < 4.78 is 0. The summed E-state index contributed by atoms with van der Waals surface area (Å²) in [6.07, 6.45) is 0. The van der Waals surface area contributed by atoms with Gasteiger partial charge in [0.1, 0.15) is 0 Å². The molecule has 88 valence electrons. The molecule has 1 rings (SSSR count). The Hall–Kier alpha value is -1.06. The van der Waals surface area contributed by atoms with Gasteiger partial charge in [-0.25, -0.2) is 0 Å². The monoisotopic (exact) mass is 240 g/mol. The Bertz CT molecular complexity index is 366. The summed E-state index contributed by atoms with van der Waals surface area (Å²) in [6, 6.07) is 5.45. The number of rotatable bonds is 5. The molecule has 0 aliphatic heterocycles. The van der Waals surface area contributed by atoms with Crippen molar-refractivity contribution in [1.29, 1.82) is 0 Å². The van der Waals surface area contributed by atoms with E-state index in [9.17, 15) is 4.79 Å². The van der Waals surface area contributed by atoms with Gasteiger partial charge in [-0.1, -0.05) is 30.7 Å². The molecule has 1 aromatic rings. The van der Waals surface area contributed by atoms with Gasteiger partial charge in [0.25, 0.3) is 5.91 Å². The third-order valence-corrected chi connectivity index (χ3v) is 2.78. The lowest BCUT2D eigenvalue weighted by atomic mass is 10.1. The molecule has 0 aliphatic rings. The van der Waals surface area contributed by atoms with Crippen molar-refractivity contribution in [3.63, 3.8) is 0 Å². The van der Waals surface area contributed by atoms with E-state index in [1.165, 1.54) is 0 Å². The van der Waals surface area contributed by atoms with Gasteiger partial charge in [0.2, 0.25) is 0 Å². The summed E-state index contributed by atoms with van der Waals surface area (Å²) >= 11 is 6.05. The number of likely N-dealkylation sites (N-methyl/N-ethyl adjacent to an activating group) is 1. The molecule has 1 aromatic carbocycles. The van der Waals surface area contributed by atoms with E-state index in [1.54, 1.807) is 6.07 Å². The molecule has 0 heterocycles. The second-order valence-corrected chi connectivity index (χ2v) is 3.92. The number of halogens is 1. The van der Waals surface area contributed by atoms with Crippen molar-refractivity contribution in [2.24, 2.45) is 0 Å². The van der Waals surface area contributed by atoms with Crippen molar-refractivity contribution in [2.45, 2.75) is 13.8 Å². The van der Waals surface area contributed by atoms with Crippen LogP contribution in [-0.2, 0) is 0 Å². The van der Waals surface area contributed by atoms with Crippen LogP contribution < -0.4 is 10.6 Å². The zero-order valence-electron chi connectivity index (χ0n) is 9.64. The molecule has 16 heavy (non-hydrogen) atoms. The van der Waals surface area contributed by atoms with Crippen LogP contribution in [0.2, 0.25) is 5.02 Å². The maximum Gasteiger partial charge on any atom is 0.252 e. The van der Waals surface area contributed by atoms with Crippen LogP contribution in [0, 0.1) is 6.92 Å². The maximum absolute atomic E-state index is 11.8. The van der Waals surface area contributed by atoms with Gasteiger partial charge >= 0.3 is 0 Å². The third kappa shape index (κ3) is 3.51. The number of carbonyl (C=O) groups excluding carboxylic acids is 1. The highest BCUT2D eigenvalue weighted by molar-refractivity contribution is 6.34. The SMILES string of the molecule is CCNCCNC(=O)c1cccc(C)c1Cl. The standard InChI is InChI=1S/C12H17ClN2O/c1-3-14-7-8-15-12(16)10-6-4-5-9(2)11(10)13/h4-6,14H,3,7-8H2,1-2H3,(H,15,16). The van der Waals surface area contributed by atoms with E-state index >= 15 is 0 Å². The molecule has 0 aromatic heterocycles. The second kappa shape index (κ2) is 6.51. The van der Waals surface area contributed by atoms with Crippen LogP contribution in [0.1, 0.15) is 22.8 Å². The first-order valence-electron chi connectivity index (χ1n) is 5.40. The zero-order valence-corrected chi connectivity index (χ0v) is 10.4. The van der Waals surface area contributed by atoms with Crippen molar-refractivity contribution in [1.82, 2.24) is 10.6 Å². The van der Waals surface area contributed by atoms with Crippen molar-refractivity contribution in [3.05, 3.63) is 34.3 Å². The topological polar surface area (TPSA) is 41.1 Å². The van der Waals surface area contributed by atoms with Crippen molar-refractivity contribution < 1.29 is 4.79 Å². The average molecular weight is 241 g/mol. The average Bonchev–Trinajstić information content (AvgIpc) is 2.28. The van der Waals surface area contributed by atoms with Crippen LogP contribution in [0.25, 0.3) is 0 Å². The van der Waals surface area contributed by atoms with Gasteiger partial charge in [0, 0.05) is 13.1 Å². The molecule has 0 aliphatic carbocycles. The number of hydrogen-bond acceptors (Lipinski definition) is 2. The van der Waals surface area contributed by atoms with Crippen molar-refractivity contribution in [3.8, 4) is 0 Å². The first-order chi connectivity index (χ1) is 7.66. The van der Waals surface area contributed by atoms with Crippen LogP contribution in [0.4, 0.5) is 0 Å². The number of benzene rings is 1. The lowest BCUT2D eigenvalue weighted by Gasteiger charge is -2.08. The Balaban J connectivity index is 2.56. The van der Waals surface area contributed by atoms with Crippen LogP contribution in [0.5, 0.6) is 0 Å². The van der Waals surface area contributed by atoms with E-state index in [2.05, 4.69) is 10.6 Å². The van der Waals surface area contributed by atoms with E-state index in [0.717, 1.165) is 18.7 Å². The molecular formula is C12H17ClN2O. The predicted molar refractivity (Wildman–Crippen MR) is 67.1 cm³/mol. The minimum absolute atomic E-state index is 0.119. The maximum atomic E-state index is 11.8. The van der Waals surface area contributed by atoms with Gasteiger partial charge in [-0.2, -0.15) is 0 Å². The van der Waals surface area contributed by atoms with Gasteiger partial charge in [-0.3, -0.25) is 4.79 Å². The van der Waals surface area contributed by atoms with E-state index in [0.29, 0.717) is 17.1 Å². The van der Waals surface area contributed by atoms with Crippen LogP contribution in [0.15, 0.2) is 18.2 Å². The predicted octanol–water partition coefficient (Wildman–Crippen LogP) is 1.99. The summed E-state index contributed by atoms with van der Waals surface area (Å²) in [5.41, 5.74) is 1.46. The summed E-state index contributed by atoms with van der Waals surface area (Å²) in [5.74, 6) is -0.119. The fourth-order valence-electron chi connectivity index (χ4n) is 1.36. The highest BCUT2D eigenvalue weighted by Gasteiger charge is 2.10. The molecule has 0 fully saturated rings. The molecule has 3 nitrogen and oxygen atoms in total. The molecule has 0 saturated heterocycles. The van der Waals surface area contributed by atoms with Crippen LogP contribution >= 0.6 is 11.6 Å². The summed E-state index contributed by atoms with van der Waals surface area (Å²) in [5, 5.41) is 6.48. The van der Waals surface area contributed by atoms with Gasteiger partial charge < -0.3 is 10.6 Å². The smallest absolute Gasteiger partial charge is 0.252 e. The largest absolute Gasteiger partial charge is 0.351 e. The molecule has 1 amide bonds. The van der Waals surface area contributed by atoms with Gasteiger partial charge in [-0.15, -0.1) is 0 Å². The molecule has 0 spiro atoms. The molecule has 0 atom stereocenters. The normalized spacial score (nSPS) is 10.2. The molecule has 4 heteroatoms. The van der Waals surface area contributed by atoms with Crippen molar-refractivity contribution in [2.75, 3.05) is 19.6 Å². The molecule has 2 N–H and O–H groups in total. The Labute approximate surface area is 101 Å². The third-order valence-electron chi connectivity index (χ3n) is 2.27. The quantitative estimate of drug-likeness (QED) is 0.773. The lowest BCUT2D eigenvalue weighted by molar-refractivity contribution is 0.0954. The van der Waals surface area contributed by atoms with Gasteiger partial charge in [0.15, 0.2) is 0 Å². The zero-order chi connectivity index (χ0) is 12.0. The van der Waals surface area contributed by atoms with E-state index in [1.807, 2.05) is 26.0 Å². The molecule has 0 unspecified atom stereocenters. The van der Waals surface area contributed by atoms with E-state index < -0.39 is 0 Å². The van der Waals surface area contributed by atoms with Gasteiger partial charge in [-0.05, 0) is 25.1 Å². The van der Waals surface area contributed by atoms with E-state index in [4.69, 9.17) is 11.6 Å². The van der Waals surface area contributed by atoms with Crippen LogP contribution in [0.3, 0.4) is 0 Å². The number of aryl methyl sites for hydroxylation is 1. The molecular weight excluding hydrogens is 224 g/mol. The molecule has 0 radical (unpaired) electrons. The number of hydrogen-bond donors (Lipinski definition) is 2. The first kappa shape index (κ1) is 13.0. The second-order valence-electron chi connectivity index (χ2n) is 3.55. The molecule has 0 bridgehead atoms. The highest BCUT2D eigenvalue weighted by atomic mass is 35.5. The first-order valence-corrected chi connectivity index (χ1v) is 5.78. The Morgan fingerprint density at radius 2 is 2.12 bits per heavy atom. The Kier molecular flexibility index (Phi) is 5.29. The fourth-order valence-corrected chi connectivity index (χ4v) is 1.57. The molecule has 0 saturated carbocycles. The van der Waals surface area contributed by atoms with E-state index in [-0.39, 0.29) is 5.91 Å². The number of nitrogens with one attached hydrogen (secondary N) is 2. The Morgan fingerprint density at radius 3 is 2.81 bits per heavy atom. The minimum atomic E-state index is -0.119. The van der Waals surface area contributed by atoms with Crippen LogP contribution in [-0.4, -0.2) is 25.5 Å². The number of carbonyl (C=O) groups is 1. The summed E-state index contributed by atoms with van der Waals surface area (Å²) in [7, 11) is 0. The fraction of sp³-hybridized carbons (Fsp3) is 0.417. The minimum Gasteiger partial charge on any atom is -0.351 e. The lowest BCUT2D eigenvalue weighted by Crippen LogP contribution is -2.31. The van der Waals surface area contributed by atoms with Crippen molar-refractivity contribution >= 4 is 17.5 Å². The summed E-state index contributed by atoms with van der Waals surface area (Å²) in [4.78, 5) is 11.8. The highest BCUT2D eigenvalue weighted by Crippen LogP contribution is 2.19. The van der Waals surface area contributed by atoms with Gasteiger partial charge in [0.05, 0.1) is 10.6 Å². The summed E-state index contributed by atoms with van der Waals surface area (Å²) in [6.45, 7) is 6.20.